The molecule has 0 atom stereocenters. The third-order valence-electron chi connectivity index (χ3n) is 5.05. The zero-order chi connectivity index (χ0) is 20.5. The van der Waals surface area contributed by atoms with Gasteiger partial charge in [0, 0.05) is 58.7 Å². The Labute approximate surface area is 171 Å². The van der Waals surface area contributed by atoms with Gasteiger partial charge >= 0.3 is 0 Å². The number of ether oxygens (including phenoxy) is 2. The molecule has 0 saturated carbocycles. The molecule has 7 heteroatoms. The fraction of sp³-hybridized carbons (Fsp3) is 0.455. The second kappa shape index (κ2) is 10.8. The van der Waals surface area contributed by atoms with E-state index in [1.54, 1.807) is 31.4 Å². The minimum atomic E-state index is -0.337. The average molecular weight is 400 g/mol. The zero-order valence-electron chi connectivity index (χ0n) is 17.1. The van der Waals surface area contributed by atoms with Gasteiger partial charge in [-0.2, -0.15) is 0 Å². The Morgan fingerprint density at radius 2 is 2.14 bits per heavy atom. The van der Waals surface area contributed by atoms with Crippen LogP contribution in [0.2, 0.25) is 0 Å². The number of hydrogen-bond donors (Lipinski definition) is 1. The minimum Gasteiger partial charge on any atom is -0.439 e. The maximum absolute atomic E-state index is 13.2. The van der Waals surface area contributed by atoms with E-state index in [0.29, 0.717) is 18.2 Å². The van der Waals surface area contributed by atoms with Crippen molar-refractivity contribution in [2.45, 2.75) is 25.8 Å². The molecule has 2 heterocycles. The predicted octanol–water partition coefficient (Wildman–Crippen LogP) is 3.84. The van der Waals surface area contributed by atoms with Crippen molar-refractivity contribution in [3.63, 3.8) is 0 Å². The Kier molecular flexibility index (Phi) is 7.81. The highest BCUT2D eigenvalue weighted by Gasteiger charge is 2.15. The number of benzene rings is 1. The van der Waals surface area contributed by atoms with Gasteiger partial charge in [0.1, 0.15) is 11.6 Å². The number of nitrogens with zero attached hydrogens (tertiary/aromatic N) is 3. The van der Waals surface area contributed by atoms with Crippen LogP contribution in [0, 0.1) is 11.7 Å². The molecular weight excluding hydrogens is 371 g/mol. The first-order valence-corrected chi connectivity index (χ1v) is 10.0. The molecule has 1 N–H and O–H groups in total. The van der Waals surface area contributed by atoms with Gasteiger partial charge in [-0.05, 0) is 42.9 Å². The van der Waals surface area contributed by atoms with Crippen molar-refractivity contribution in [1.29, 1.82) is 0 Å². The summed E-state index contributed by atoms with van der Waals surface area (Å²) in [6, 6.07) is 9.72. The van der Waals surface area contributed by atoms with Crippen LogP contribution in [0.5, 0.6) is 11.6 Å². The summed E-state index contributed by atoms with van der Waals surface area (Å²) in [5.41, 5.74) is 1.01. The SMILES string of the molecule is CN=C(NCc1ccc(Oc2cccc(F)c2)nc1)N(C)CCC1CCOCC1. The number of aliphatic imine (C=N–C) groups is 1. The molecule has 0 unspecified atom stereocenters. The molecule has 156 valence electrons. The molecule has 6 nitrogen and oxygen atoms in total. The van der Waals surface area contributed by atoms with Crippen molar-refractivity contribution in [3.05, 3.63) is 54.0 Å². The summed E-state index contributed by atoms with van der Waals surface area (Å²) < 4.78 is 24.2. The average Bonchev–Trinajstić information content (AvgIpc) is 2.74. The van der Waals surface area contributed by atoms with Gasteiger partial charge in [0.15, 0.2) is 5.96 Å². The van der Waals surface area contributed by atoms with Crippen molar-refractivity contribution in [1.82, 2.24) is 15.2 Å². The third kappa shape index (κ3) is 6.71. The van der Waals surface area contributed by atoms with Crippen molar-refractivity contribution in [2.24, 2.45) is 10.9 Å². The minimum absolute atomic E-state index is 0.337. The lowest BCUT2D eigenvalue weighted by Gasteiger charge is -2.26. The lowest BCUT2D eigenvalue weighted by atomic mass is 9.96. The standard InChI is InChI=1S/C22H29FN4O2/c1-24-22(27(2)11-8-17-9-12-28-13-10-17)26-16-18-6-7-21(25-15-18)29-20-5-3-4-19(23)14-20/h3-7,14-15,17H,8-13,16H2,1-2H3,(H,24,26). The van der Waals surface area contributed by atoms with E-state index in [1.807, 2.05) is 6.07 Å². The van der Waals surface area contributed by atoms with Gasteiger partial charge in [0.2, 0.25) is 5.88 Å². The maximum atomic E-state index is 13.2. The molecule has 0 aliphatic carbocycles. The number of pyridine rings is 1. The van der Waals surface area contributed by atoms with E-state index < -0.39 is 0 Å². The number of nitrogens with one attached hydrogen (secondary N) is 1. The van der Waals surface area contributed by atoms with Crippen LogP contribution in [-0.2, 0) is 11.3 Å². The topological polar surface area (TPSA) is 59.0 Å². The van der Waals surface area contributed by atoms with E-state index in [9.17, 15) is 4.39 Å². The number of hydrogen-bond acceptors (Lipinski definition) is 4. The Morgan fingerprint density at radius 1 is 1.31 bits per heavy atom. The summed E-state index contributed by atoms with van der Waals surface area (Å²) in [5, 5.41) is 3.37. The summed E-state index contributed by atoms with van der Waals surface area (Å²) in [6.45, 7) is 3.34. The van der Waals surface area contributed by atoms with E-state index in [4.69, 9.17) is 9.47 Å². The third-order valence-corrected chi connectivity index (χ3v) is 5.05. The first-order valence-electron chi connectivity index (χ1n) is 10.0. The largest absolute Gasteiger partial charge is 0.439 e. The normalized spacial score (nSPS) is 15.2. The molecule has 1 saturated heterocycles. The van der Waals surface area contributed by atoms with Crippen LogP contribution >= 0.6 is 0 Å². The van der Waals surface area contributed by atoms with E-state index >= 15 is 0 Å². The Bertz CT molecular complexity index is 792. The fourth-order valence-electron chi connectivity index (χ4n) is 3.31. The Hall–Kier alpha value is -2.67. The predicted molar refractivity (Wildman–Crippen MR) is 112 cm³/mol. The summed E-state index contributed by atoms with van der Waals surface area (Å²) in [6.07, 6.45) is 5.19. The quantitative estimate of drug-likeness (QED) is 0.565. The molecular formula is C22H29FN4O2. The Balaban J connectivity index is 1.46. The van der Waals surface area contributed by atoms with Gasteiger partial charge in [-0.1, -0.05) is 12.1 Å². The van der Waals surface area contributed by atoms with E-state index in [0.717, 1.165) is 56.5 Å². The van der Waals surface area contributed by atoms with Gasteiger partial charge in [-0.15, -0.1) is 0 Å². The van der Waals surface area contributed by atoms with E-state index in [1.165, 1.54) is 12.1 Å². The zero-order valence-corrected chi connectivity index (χ0v) is 17.1. The van der Waals surface area contributed by atoms with Crippen LogP contribution in [0.15, 0.2) is 47.6 Å². The summed E-state index contributed by atoms with van der Waals surface area (Å²) in [5.74, 6) is 2.11. The highest BCUT2D eigenvalue weighted by Crippen LogP contribution is 2.20. The van der Waals surface area contributed by atoms with Gasteiger partial charge in [0.05, 0.1) is 0 Å². The molecule has 1 aromatic carbocycles. The van der Waals surface area contributed by atoms with Crippen LogP contribution in [0.3, 0.4) is 0 Å². The second-order valence-corrected chi connectivity index (χ2v) is 7.23. The molecule has 0 amide bonds. The molecule has 2 aromatic rings. The van der Waals surface area contributed by atoms with Crippen molar-refractivity contribution in [3.8, 4) is 11.6 Å². The fourth-order valence-corrected chi connectivity index (χ4v) is 3.31. The molecule has 29 heavy (non-hydrogen) atoms. The lowest BCUT2D eigenvalue weighted by molar-refractivity contribution is 0.0625. The van der Waals surface area contributed by atoms with E-state index in [2.05, 4.69) is 27.2 Å². The number of aromatic nitrogens is 1. The van der Waals surface area contributed by atoms with Crippen molar-refractivity contribution in [2.75, 3.05) is 33.9 Å². The van der Waals surface area contributed by atoms with Gasteiger partial charge < -0.3 is 19.7 Å². The van der Waals surface area contributed by atoms with Gasteiger partial charge in [-0.25, -0.2) is 9.37 Å². The van der Waals surface area contributed by atoms with Crippen LogP contribution < -0.4 is 10.1 Å². The molecule has 0 bridgehead atoms. The molecule has 0 radical (unpaired) electrons. The molecule has 3 rings (SSSR count). The highest BCUT2D eigenvalue weighted by atomic mass is 19.1. The first kappa shape index (κ1) is 21.0. The van der Waals surface area contributed by atoms with E-state index in [-0.39, 0.29) is 5.82 Å². The summed E-state index contributed by atoms with van der Waals surface area (Å²) >= 11 is 0. The Morgan fingerprint density at radius 3 is 2.83 bits per heavy atom. The summed E-state index contributed by atoms with van der Waals surface area (Å²) in [4.78, 5) is 10.8. The maximum Gasteiger partial charge on any atom is 0.219 e. The highest BCUT2D eigenvalue weighted by molar-refractivity contribution is 5.79. The molecule has 1 aromatic heterocycles. The number of halogens is 1. The second-order valence-electron chi connectivity index (χ2n) is 7.23. The number of guanidine groups is 1. The van der Waals surface area contributed by atoms with Crippen molar-refractivity contribution >= 4 is 5.96 Å². The number of rotatable bonds is 7. The lowest BCUT2D eigenvalue weighted by Crippen LogP contribution is -2.39. The first-order chi connectivity index (χ1) is 14.1. The molecule has 0 spiro atoms. The molecule has 1 aliphatic heterocycles. The van der Waals surface area contributed by atoms with Crippen LogP contribution in [0.1, 0.15) is 24.8 Å². The van der Waals surface area contributed by atoms with Gasteiger partial charge in [0.25, 0.3) is 0 Å². The molecule has 1 fully saturated rings. The monoisotopic (exact) mass is 400 g/mol. The smallest absolute Gasteiger partial charge is 0.219 e. The van der Waals surface area contributed by atoms with Crippen molar-refractivity contribution < 1.29 is 13.9 Å². The van der Waals surface area contributed by atoms with Crippen LogP contribution in [0.4, 0.5) is 4.39 Å². The van der Waals surface area contributed by atoms with Gasteiger partial charge in [-0.3, -0.25) is 4.99 Å². The molecule has 1 aliphatic rings. The van der Waals surface area contributed by atoms with Crippen LogP contribution in [-0.4, -0.2) is 49.7 Å². The van der Waals surface area contributed by atoms with Crippen LogP contribution in [0.25, 0.3) is 0 Å². The summed E-state index contributed by atoms with van der Waals surface area (Å²) in [7, 11) is 3.85.